The van der Waals surface area contributed by atoms with Crippen molar-refractivity contribution in [1.29, 1.82) is 5.26 Å². The van der Waals surface area contributed by atoms with Crippen LogP contribution in [0, 0.1) is 23.7 Å². The molecule has 5 heteroatoms. The third kappa shape index (κ3) is 1.90. The molecule has 0 fully saturated rings. The van der Waals surface area contributed by atoms with E-state index in [1.54, 1.807) is 11.9 Å². The van der Waals surface area contributed by atoms with E-state index in [1.165, 1.54) is 6.20 Å². The van der Waals surface area contributed by atoms with E-state index in [1.807, 2.05) is 6.07 Å². The fraction of sp³-hybridized carbons (Fsp3) is 0.222. The summed E-state index contributed by atoms with van der Waals surface area (Å²) in [7, 11) is 1.75. The summed E-state index contributed by atoms with van der Waals surface area (Å²) in [5, 5.41) is 8.60. The summed E-state index contributed by atoms with van der Waals surface area (Å²) in [6.07, 6.45) is 6.51. The van der Waals surface area contributed by atoms with Gasteiger partial charge in [-0.3, -0.25) is 0 Å². The van der Waals surface area contributed by atoms with Gasteiger partial charge in [-0.25, -0.2) is 4.98 Å². The molecule has 1 aromatic rings. The molecule has 1 rings (SSSR count). The molecule has 14 heavy (non-hydrogen) atoms. The number of hydrogen-bond acceptors (Lipinski definition) is 5. The number of nitrogens with two attached hydrogens (primary N) is 1. The molecule has 0 amide bonds. The molecule has 0 saturated carbocycles. The highest BCUT2D eigenvalue weighted by Crippen LogP contribution is 2.10. The number of hydrogen-bond donors (Lipinski definition) is 1. The van der Waals surface area contributed by atoms with Crippen LogP contribution in [0.15, 0.2) is 6.20 Å². The molecule has 0 saturated heterocycles. The Morgan fingerprint density at radius 2 is 2.43 bits per heavy atom. The molecule has 0 spiro atoms. The minimum atomic E-state index is 0.168. The van der Waals surface area contributed by atoms with Crippen LogP contribution in [0.5, 0.6) is 0 Å². The van der Waals surface area contributed by atoms with Crippen LogP contribution in [0.2, 0.25) is 0 Å². The number of nitriles is 1. The van der Waals surface area contributed by atoms with Crippen LogP contribution in [0.25, 0.3) is 0 Å². The van der Waals surface area contributed by atoms with E-state index < -0.39 is 0 Å². The molecule has 0 aromatic carbocycles. The molecular weight excluding hydrogens is 178 g/mol. The lowest BCUT2D eigenvalue weighted by atomic mass is 10.3. The lowest BCUT2D eigenvalue weighted by molar-refractivity contribution is 0.954. The molecule has 0 aliphatic heterocycles. The number of rotatable bonds is 2. The van der Waals surface area contributed by atoms with Crippen LogP contribution >= 0.6 is 0 Å². The topological polar surface area (TPSA) is 78.8 Å². The lowest BCUT2D eigenvalue weighted by Crippen LogP contribution is -2.20. The molecule has 0 atom stereocenters. The zero-order chi connectivity index (χ0) is 10.6. The largest absolute Gasteiger partial charge is 0.382 e. The Bertz CT molecular complexity index is 412. The first kappa shape index (κ1) is 9.82. The van der Waals surface area contributed by atoms with Gasteiger partial charge in [-0.1, -0.05) is 5.92 Å². The third-order valence-corrected chi connectivity index (χ3v) is 1.60. The number of aromatic nitrogens is 2. The highest BCUT2D eigenvalue weighted by atomic mass is 15.2. The fourth-order valence-corrected chi connectivity index (χ4v) is 0.863. The van der Waals surface area contributed by atoms with E-state index in [4.69, 9.17) is 17.4 Å². The van der Waals surface area contributed by atoms with Crippen molar-refractivity contribution in [2.75, 3.05) is 24.2 Å². The van der Waals surface area contributed by atoms with Gasteiger partial charge in [-0.2, -0.15) is 10.2 Å². The number of terminal acetylenes is 1. The van der Waals surface area contributed by atoms with Crippen LogP contribution in [0.1, 0.15) is 5.56 Å². The van der Waals surface area contributed by atoms with Gasteiger partial charge < -0.3 is 10.6 Å². The average molecular weight is 187 g/mol. The van der Waals surface area contributed by atoms with Crippen molar-refractivity contribution in [2.24, 2.45) is 0 Å². The SMILES string of the molecule is C#CCN(C)c1ncc(C#N)c(N)n1. The van der Waals surface area contributed by atoms with E-state index in [2.05, 4.69) is 15.9 Å². The number of nitrogen functional groups attached to an aromatic ring is 1. The van der Waals surface area contributed by atoms with E-state index in [0.717, 1.165) is 0 Å². The van der Waals surface area contributed by atoms with Gasteiger partial charge in [0.1, 0.15) is 17.5 Å². The van der Waals surface area contributed by atoms with Gasteiger partial charge in [0.2, 0.25) is 5.95 Å². The maximum Gasteiger partial charge on any atom is 0.227 e. The Morgan fingerprint density at radius 3 is 2.93 bits per heavy atom. The number of nitrogens with zero attached hydrogens (tertiary/aromatic N) is 4. The zero-order valence-corrected chi connectivity index (χ0v) is 7.73. The molecule has 0 unspecified atom stereocenters. The maximum atomic E-state index is 8.60. The molecule has 0 aliphatic rings. The smallest absolute Gasteiger partial charge is 0.227 e. The second-order valence-electron chi connectivity index (χ2n) is 2.64. The highest BCUT2D eigenvalue weighted by molar-refractivity contribution is 5.50. The summed E-state index contributed by atoms with van der Waals surface area (Å²) in [5.74, 6) is 3.04. The third-order valence-electron chi connectivity index (χ3n) is 1.60. The Kier molecular flexibility index (Phi) is 2.88. The molecule has 1 heterocycles. The van der Waals surface area contributed by atoms with E-state index >= 15 is 0 Å². The van der Waals surface area contributed by atoms with Gasteiger partial charge in [0, 0.05) is 7.05 Å². The van der Waals surface area contributed by atoms with Gasteiger partial charge in [0.15, 0.2) is 0 Å². The quantitative estimate of drug-likeness (QED) is 0.659. The predicted molar refractivity (Wildman–Crippen MR) is 53.3 cm³/mol. The van der Waals surface area contributed by atoms with Crippen molar-refractivity contribution in [3.8, 4) is 18.4 Å². The first-order valence-corrected chi connectivity index (χ1v) is 3.86. The molecule has 5 nitrogen and oxygen atoms in total. The normalized spacial score (nSPS) is 8.79. The van der Waals surface area contributed by atoms with Crippen LogP contribution in [-0.2, 0) is 0 Å². The fourth-order valence-electron chi connectivity index (χ4n) is 0.863. The first-order valence-electron chi connectivity index (χ1n) is 3.86. The Hall–Kier alpha value is -2.27. The summed E-state index contributed by atoms with van der Waals surface area (Å²) in [6, 6.07) is 1.88. The Labute approximate surface area is 82.2 Å². The van der Waals surface area contributed by atoms with Crippen molar-refractivity contribution < 1.29 is 0 Å². The minimum absolute atomic E-state index is 0.168. The lowest BCUT2D eigenvalue weighted by Gasteiger charge is -2.13. The zero-order valence-electron chi connectivity index (χ0n) is 7.73. The summed E-state index contributed by atoms with van der Waals surface area (Å²) in [6.45, 7) is 0.394. The van der Waals surface area contributed by atoms with E-state index in [-0.39, 0.29) is 11.4 Å². The van der Waals surface area contributed by atoms with Crippen molar-refractivity contribution in [2.45, 2.75) is 0 Å². The van der Waals surface area contributed by atoms with Crippen molar-refractivity contribution >= 4 is 11.8 Å². The van der Waals surface area contributed by atoms with Crippen LogP contribution in [-0.4, -0.2) is 23.6 Å². The summed E-state index contributed by atoms with van der Waals surface area (Å²) in [4.78, 5) is 9.55. The van der Waals surface area contributed by atoms with Crippen LogP contribution < -0.4 is 10.6 Å². The molecule has 70 valence electrons. The van der Waals surface area contributed by atoms with Gasteiger partial charge in [0.05, 0.1) is 12.7 Å². The van der Waals surface area contributed by atoms with Gasteiger partial charge >= 0.3 is 0 Å². The second kappa shape index (κ2) is 4.11. The van der Waals surface area contributed by atoms with Crippen molar-refractivity contribution in [1.82, 2.24) is 9.97 Å². The Morgan fingerprint density at radius 1 is 1.71 bits per heavy atom. The average Bonchev–Trinajstić information content (AvgIpc) is 2.18. The molecule has 1 aromatic heterocycles. The predicted octanol–water partition coefficient (Wildman–Crippen LogP) is -0.000120. The van der Waals surface area contributed by atoms with E-state index in [0.29, 0.717) is 12.5 Å². The molecule has 0 aliphatic carbocycles. The summed E-state index contributed by atoms with van der Waals surface area (Å²) in [5.41, 5.74) is 5.78. The maximum absolute atomic E-state index is 8.60. The molecule has 2 N–H and O–H groups in total. The van der Waals surface area contributed by atoms with Crippen molar-refractivity contribution in [3.63, 3.8) is 0 Å². The molecule has 0 radical (unpaired) electrons. The Balaban J connectivity index is 2.99. The highest BCUT2D eigenvalue weighted by Gasteiger charge is 2.06. The first-order chi connectivity index (χ1) is 6.69. The minimum Gasteiger partial charge on any atom is -0.382 e. The van der Waals surface area contributed by atoms with Crippen LogP contribution in [0.3, 0.4) is 0 Å². The van der Waals surface area contributed by atoms with Gasteiger partial charge in [-0.15, -0.1) is 6.42 Å². The summed E-state index contributed by atoms with van der Waals surface area (Å²) < 4.78 is 0. The monoisotopic (exact) mass is 187 g/mol. The molecular formula is C9H9N5. The standard InChI is InChI=1S/C9H9N5/c1-3-4-14(2)9-12-6-7(5-10)8(11)13-9/h1,6H,4H2,2H3,(H2,11,12,13). The van der Waals surface area contributed by atoms with Crippen molar-refractivity contribution in [3.05, 3.63) is 11.8 Å². The second-order valence-corrected chi connectivity index (χ2v) is 2.64. The van der Waals surface area contributed by atoms with Gasteiger partial charge in [-0.05, 0) is 0 Å². The molecule has 0 bridgehead atoms. The van der Waals surface area contributed by atoms with Gasteiger partial charge in [0.25, 0.3) is 0 Å². The van der Waals surface area contributed by atoms with Crippen LogP contribution in [0.4, 0.5) is 11.8 Å². The summed E-state index contributed by atoms with van der Waals surface area (Å²) >= 11 is 0. The van der Waals surface area contributed by atoms with E-state index in [9.17, 15) is 0 Å². The number of anilines is 2.